The summed E-state index contributed by atoms with van der Waals surface area (Å²) < 4.78 is 39.9. The molecule has 0 radical (unpaired) electrons. The van der Waals surface area contributed by atoms with Gasteiger partial charge in [0.1, 0.15) is 37.9 Å². The maximum absolute atomic E-state index is 15.8. The highest BCUT2D eigenvalue weighted by Gasteiger charge is 2.37. The van der Waals surface area contributed by atoms with E-state index in [9.17, 15) is 0 Å². The van der Waals surface area contributed by atoms with Crippen LogP contribution in [0.1, 0.15) is 31.9 Å². The molecule has 5 heteroatoms. The standard InChI is InChI=1S/C37H34F2NOSi/c1-21-12-14-25-26-16-17-28(38)34(22-13-15-24-23-10-8-9-11-31(23)42(6,7)32(24)18-22)36(26)41-35(25)33(21)30-19-29(39)27(20-40(30)5)37(2,3)4/h8-20H,1-7H3/q+1. The second-order valence-corrected chi connectivity index (χ2v) is 17.6. The van der Waals surface area contributed by atoms with Crippen molar-refractivity contribution in [3.8, 4) is 33.5 Å². The average Bonchev–Trinajstić information content (AvgIpc) is 3.41. The number of hydrogen-bond acceptors (Lipinski definition) is 1. The molecule has 3 heterocycles. The van der Waals surface area contributed by atoms with Gasteiger partial charge in [-0.05, 0) is 57.1 Å². The molecule has 0 unspecified atom stereocenters. The van der Waals surface area contributed by atoms with Gasteiger partial charge in [-0.2, -0.15) is 0 Å². The highest BCUT2D eigenvalue weighted by Crippen LogP contribution is 2.42. The fourth-order valence-corrected chi connectivity index (χ4v) is 9.95. The third-order valence-corrected chi connectivity index (χ3v) is 12.7. The molecule has 0 spiro atoms. The summed E-state index contributed by atoms with van der Waals surface area (Å²) in [6.07, 6.45) is 1.87. The van der Waals surface area contributed by atoms with E-state index in [1.807, 2.05) is 63.7 Å². The molecule has 7 rings (SSSR count). The van der Waals surface area contributed by atoms with Crippen LogP contribution < -0.4 is 14.9 Å². The van der Waals surface area contributed by atoms with Gasteiger partial charge in [0.05, 0.1) is 16.7 Å². The predicted molar refractivity (Wildman–Crippen MR) is 171 cm³/mol. The van der Waals surface area contributed by atoms with Crippen LogP contribution in [-0.4, -0.2) is 8.07 Å². The van der Waals surface area contributed by atoms with Gasteiger partial charge in [0.15, 0.2) is 6.20 Å². The van der Waals surface area contributed by atoms with Crippen molar-refractivity contribution in [3.05, 3.63) is 102 Å². The Labute approximate surface area is 246 Å². The van der Waals surface area contributed by atoms with Gasteiger partial charge in [-0.1, -0.05) is 88.5 Å². The van der Waals surface area contributed by atoms with Gasteiger partial charge in [0.25, 0.3) is 0 Å². The normalized spacial score (nSPS) is 14.0. The molecule has 4 aromatic carbocycles. The minimum absolute atomic E-state index is 0.249. The van der Waals surface area contributed by atoms with Crippen LogP contribution in [0.4, 0.5) is 8.78 Å². The number of rotatable bonds is 2. The summed E-state index contributed by atoms with van der Waals surface area (Å²) in [5.41, 5.74) is 7.78. The van der Waals surface area contributed by atoms with E-state index < -0.39 is 8.07 Å². The molecule has 0 aliphatic carbocycles. The number of fused-ring (bicyclic) bond motifs is 6. The minimum atomic E-state index is -1.94. The van der Waals surface area contributed by atoms with Gasteiger partial charge in [0, 0.05) is 16.8 Å². The molecule has 0 saturated carbocycles. The van der Waals surface area contributed by atoms with Crippen LogP contribution in [0.25, 0.3) is 55.4 Å². The lowest BCUT2D eigenvalue weighted by molar-refractivity contribution is -0.661. The first-order valence-corrected chi connectivity index (χ1v) is 17.5. The molecule has 0 atom stereocenters. The first kappa shape index (κ1) is 26.8. The number of pyridine rings is 1. The van der Waals surface area contributed by atoms with Crippen LogP contribution in [0.2, 0.25) is 13.1 Å². The van der Waals surface area contributed by atoms with Crippen LogP contribution in [0.15, 0.2) is 83.4 Å². The SMILES string of the molecule is Cc1ccc2c(oc3c(-c4ccc5c(c4)[Si](C)(C)c4ccccc4-5)c(F)ccc32)c1-c1cc(F)c(C(C)(C)C)c[n+]1C. The van der Waals surface area contributed by atoms with Crippen LogP contribution in [0, 0.1) is 18.6 Å². The molecule has 1 aliphatic heterocycles. The molecule has 42 heavy (non-hydrogen) atoms. The van der Waals surface area contributed by atoms with Gasteiger partial charge in [-0.15, -0.1) is 0 Å². The monoisotopic (exact) mass is 574 g/mol. The lowest BCUT2D eigenvalue weighted by atomic mass is 9.87. The molecule has 1 aliphatic rings. The average molecular weight is 575 g/mol. The Morgan fingerprint density at radius 2 is 1.40 bits per heavy atom. The van der Waals surface area contributed by atoms with Crippen molar-refractivity contribution in [3.63, 3.8) is 0 Å². The van der Waals surface area contributed by atoms with E-state index >= 15 is 8.78 Å². The molecule has 0 fully saturated rings. The fraction of sp³-hybridized carbons (Fsp3) is 0.216. The van der Waals surface area contributed by atoms with Crippen LogP contribution in [-0.2, 0) is 12.5 Å². The summed E-state index contributed by atoms with van der Waals surface area (Å²) in [4.78, 5) is 0. The number of hydrogen-bond donors (Lipinski definition) is 0. The van der Waals surface area contributed by atoms with Crippen LogP contribution in [0.5, 0.6) is 0 Å². The Morgan fingerprint density at radius 3 is 2.14 bits per heavy atom. The maximum atomic E-state index is 15.8. The zero-order valence-electron chi connectivity index (χ0n) is 25.1. The Hall–Kier alpha value is -4.09. The summed E-state index contributed by atoms with van der Waals surface area (Å²) in [6, 6.07) is 24.0. The van der Waals surface area contributed by atoms with Crippen molar-refractivity contribution in [1.29, 1.82) is 0 Å². The van der Waals surface area contributed by atoms with E-state index in [2.05, 4.69) is 49.5 Å². The van der Waals surface area contributed by atoms with E-state index in [-0.39, 0.29) is 17.0 Å². The number of nitrogens with zero attached hydrogens (tertiary/aromatic N) is 1. The smallest absolute Gasteiger partial charge is 0.219 e. The van der Waals surface area contributed by atoms with Crippen molar-refractivity contribution in [2.75, 3.05) is 0 Å². The molecule has 210 valence electrons. The first-order chi connectivity index (χ1) is 19.9. The predicted octanol–water partition coefficient (Wildman–Crippen LogP) is 8.43. The highest BCUT2D eigenvalue weighted by atomic mass is 28.3. The van der Waals surface area contributed by atoms with Gasteiger partial charge in [-0.3, -0.25) is 0 Å². The number of halogens is 2. The molecule has 0 N–H and O–H groups in total. The zero-order chi connectivity index (χ0) is 29.7. The summed E-state index contributed by atoms with van der Waals surface area (Å²) in [7, 11) is -0.00948. The second kappa shape index (κ2) is 8.95. The Balaban J connectivity index is 1.47. The van der Waals surface area contributed by atoms with Gasteiger partial charge in [0.2, 0.25) is 5.69 Å². The van der Waals surface area contributed by atoms with E-state index in [4.69, 9.17) is 4.42 Å². The van der Waals surface area contributed by atoms with Gasteiger partial charge < -0.3 is 4.42 Å². The fourth-order valence-electron chi connectivity index (χ4n) is 6.85. The number of furan rings is 1. The van der Waals surface area contributed by atoms with E-state index in [0.717, 1.165) is 27.5 Å². The maximum Gasteiger partial charge on any atom is 0.219 e. The molecular formula is C37H34F2NOSi+. The molecular weight excluding hydrogens is 540 g/mol. The molecule has 0 saturated heterocycles. The topological polar surface area (TPSA) is 17.0 Å². The largest absolute Gasteiger partial charge is 0.454 e. The summed E-state index contributed by atoms with van der Waals surface area (Å²) in [5.74, 6) is -0.568. The van der Waals surface area contributed by atoms with Gasteiger partial charge in [-0.25, -0.2) is 13.3 Å². The zero-order valence-corrected chi connectivity index (χ0v) is 26.1. The lowest BCUT2D eigenvalue weighted by Crippen LogP contribution is -2.49. The third kappa shape index (κ3) is 3.76. The molecule has 2 nitrogen and oxygen atoms in total. The van der Waals surface area contributed by atoms with Crippen molar-refractivity contribution in [2.45, 2.75) is 46.2 Å². The molecule has 0 bridgehead atoms. The van der Waals surface area contributed by atoms with E-state index in [1.165, 1.54) is 27.6 Å². The van der Waals surface area contributed by atoms with Crippen molar-refractivity contribution in [1.82, 2.24) is 0 Å². The van der Waals surface area contributed by atoms with Crippen molar-refractivity contribution in [2.24, 2.45) is 7.05 Å². The molecule has 0 amide bonds. The highest BCUT2D eigenvalue weighted by molar-refractivity contribution is 7.03. The molecule has 2 aromatic heterocycles. The summed E-state index contributed by atoms with van der Waals surface area (Å²) in [6.45, 7) is 12.7. The van der Waals surface area contributed by atoms with Crippen molar-refractivity contribution < 1.29 is 17.8 Å². The first-order valence-electron chi connectivity index (χ1n) is 14.5. The van der Waals surface area contributed by atoms with E-state index in [0.29, 0.717) is 28.0 Å². The Kier molecular flexibility index (Phi) is 5.71. The van der Waals surface area contributed by atoms with Crippen molar-refractivity contribution >= 4 is 40.4 Å². The Bertz CT molecular complexity index is 2100. The van der Waals surface area contributed by atoms with Gasteiger partial charge >= 0.3 is 0 Å². The second-order valence-electron chi connectivity index (χ2n) is 13.2. The third-order valence-electron chi connectivity index (χ3n) is 9.13. The van der Waals surface area contributed by atoms with Crippen LogP contribution >= 0.6 is 0 Å². The Morgan fingerprint density at radius 1 is 0.738 bits per heavy atom. The number of aryl methyl sites for hydroxylation is 2. The lowest BCUT2D eigenvalue weighted by Gasteiger charge is -2.19. The summed E-state index contributed by atoms with van der Waals surface area (Å²) in [5, 5.41) is 4.46. The number of benzene rings is 4. The minimum Gasteiger partial charge on any atom is -0.454 e. The quantitative estimate of drug-likeness (QED) is 0.150. The molecule has 6 aromatic rings. The van der Waals surface area contributed by atoms with Crippen LogP contribution in [0.3, 0.4) is 0 Å². The summed E-state index contributed by atoms with van der Waals surface area (Å²) >= 11 is 0. The number of aromatic nitrogens is 1. The van der Waals surface area contributed by atoms with E-state index in [1.54, 1.807) is 12.1 Å².